The van der Waals surface area contributed by atoms with Crippen molar-refractivity contribution in [3.63, 3.8) is 0 Å². The number of nitrogens with zero attached hydrogens (tertiary/aromatic N) is 1. The topological polar surface area (TPSA) is 40.5 Å². The number of ketones is 1. The molecule has 0 unspecified atom stereocenters. The highest BCUT2D eigenvalue weighted by Gasteiger charge is 2.10. The maximum atomic E-state index is 11.9. The van der Waals surface area contributed by atoms with Crippen LogP contribution in [-0.4, -0.2) is 42.0 Å². The van der Waals surface area contributed by atoms with Gasteiger partial charge in [-0.25, -0.2) is 0 Å². The van der Waals surface area contributed by atoms with Crippen molar-refractivity contribution in [3.05, 3.63) is 33.4 Å². The number of hydrogen-bond acceptors (Lipinski definition) is 3. The predicted molar refractivity (Wildman–Crippen MR) is 72.7 cm³/mol. The van der Waals surface area contributed by atoms with Crippen LogP contribution in [0.3, 0.4) is 0 Å². The zero-order chi connectivity index (χ0) is 12.0. The van der Waals surface area contributed by atoms with Gasteiger partial charge in [-0.05, 0) is 41.3 Å². The molecule has 0 heterocycles. The lowest BCUT2D eigenvalue weighted by Gasteiger charge is -2.17. The van der Waals surface area contributed by atoms with Crippen LogP contribution in [0.5, 0.6) is 0 Å². The molecule has 1 N–H and O–H groups in total. The quantitative estimate of drug-likeness (QED) is 0.637. The van der Waals surface area contributed by atoms with E-state index in [1.165, 1.54) is 0 Å². The molecule has 88 valence electrons. The average Bonchev–Trinajstić information content (AvgIpc) is 2.29. The standard InChI is InChI=1S/C12H16INO2/c1-2-14(7-8-15)9-12(16)10-3-5-11(13)6-4-10/h3-6,15H,2,7-9H2,1H3. The number of benzene rings is 1. The number of likely N-dealkylation sites (N-methyl/N-ethyl adjacent to an activating group) is 1. The molecular formula is C12H16INO2. The predicted octanol–water partition coefficient (Wildman–Crippen LogP) is 1.79. The van der Waals surface area contributed by atoms with E-state index in [9.17, 15) is 4.79 Å². The highest BCUT2D eigenvalue weighted by atomic mass is 127. The van der Waals surface area contributed by atoms with Gasteiger partial charge in [-0.15, -0.1) is 0 Å². The summed E-state index contributed by atoms with van der Waals surface area (Å²) in [5, 5.41) is 8.83. The van der Waals surface area contributed by atoms with Crippen LogP contribution in [0.4, 0.5) is 0 Å². The third kappa shape index (κ3) is 4.19. The van der Waals surface area contributed by atoms with E-state index in [1.54, 1.807) is 0 Å². The summed E-state index contributed by atoms with van der Waals surface area (Å²) in [5.41, 5.74) is 0.733. The molecule has 0 saturated carbocycles. The molecule has 0 aliphatic carbocycles. The van der Waals surface area contributed by atoms with Gasteiger partial charge in [0.25, 0.3) is 0 Å². The Balaban J connectivity index is 2.60. The van der Waals surface area contributed by atoms with E-state index in [1.807, 2.05) is 36.1 Å². The number of rotatable bonds is 6. The number of hydrogen-bond donors (Lipinski definition) is 1. The Bertz CT molecular complexity index is 337. The van der Waals surface area contributed by atoms with Crippen molar-refractivity contribution in [2.45, 2.75) is 6.92 Å². The lowest BCUT2D eigenvalue weighted by atomic mass is 10.1. The Morgan fingerprint density at radius 3 is 2.50 bits per heavy atom. The van der Waals surface area contributed by atoms with Gasteiger partial charge in [0.15, 0.2) is 5.78 Å². The molecule has 0 amide bonds. The molecular weight excluding hydrogens is 317 g/mol. The van der Waals surface area contributed by atoms with Gasteiger partial charge in [0.05, 0.1) is 13.2 Å². The van der Waals surface area contributed by atoms with Crippen molar-refractivity contribution in [3.8, 4) is 0 Å². The number of halogens is 1. The molecule has 0 fully saturated rings. The molecule has 0 spiro atoms. The van der Waals surface area contributed by atoms with Crippen LogP contribution in [0, 0.1) is 3.57 Å². The number of aliphatic hydroxyl groups excluding tert-OH is 1. The van der Waals surface area contributed by atoms with Gasteiger partial charge in [0, 0.05) is 15.7 Å². The molecule has 0 atom stereocenters. The Labute approximate surface area is 110 Å². The van der Waals surface area contributed by atoms with Crippen LogP contribution in [0.15, 0.2) is 24.3 Å². The van der Waals surface area contributed by atoms with Crippen LogP contribution >= 0.6 is 22.6 Å². The minimum atomic E-state index is 0.0911. The van der Waals surface area contributed by atoms with Crippen molar-refractivity contribution < 1.29 is 9.90 Å². The first kappa shape index (κ1) is 13.6. The summed E-state index contributed by atoms with van der Waals surface area (Å²) >= 11 is 2.21. The zero-order valence-corrected chi connectivity index (χ0v) is 11.5. The second-order valence-electron chi connectivity index (χ2n) is 3.52. The zero-order valence-electron chi connectivity index (χ0n) is 9.32. The highest BCUT2D eigenvalue weighted by Crippen LogP contribution is 2.08. The molecule has 0 radical (unpaired) electrons. The van der Waals surface area contributed by atoms with Crippen LogP contribution in [-0.2, 0) is 0 Å². The SMILES string of the molecule is CCN(CCO)CC(=O)c1ccc(I)cc1. The molecule has 16 heavy (non-hydrogen) atoms. The minimum absolute atomic E-state index is 0.0911. The highest BCUT2D eigenvalue weighted by molar-refractivity contribution is 14.1. The monoisotopic (exact) mass is 333 g/mol. The summed E-state index contributed by atoms with van der Waals surface area (Å²) in [6.45, 7) is 3.77. The largest absolute Gasteiger partial charge is 0.395 e. The van der Waals surface area contributed by atoms with Gasteiger partial charge in [0.1, 0.15) is 0 Å². The van der Waals surface area contributed by atoms with Crippen molar-refractivity contribution in [2.24, 2.45) is 0 Å². The molecule has 4 heteroatoms. The summed E-state index contributed by atoms with van der Waals surface area (Å²) in [6, 6.07) is 7.54. The van der Waals surface area contributed by atoms with Crippen LogP contribution in [0.1, 0.15) is 17.3 Å². The Morgan fingerprint density at radius 2 is 2.00 bits per heavy atom. The average molecular weight is 333 g/mol. The van der Waals surface area contributed by atoms with Crippen molar-refractivity contribution >= 4 is 28.4 Å². The molecule has 0 aliphatic rings. The van der Waals surface area contributed by atoms with E-state index in [0.29, 0.717) is 13.1 Å². The third-order valence-electron chi connectivity index (χ3n) is 2.40. The van der Waals surface area contributed by atoms with Gasteiger partial charge >= 0.3 is 0 Å². The molecule has 0 aromatic heterocycles. The smallest absolute Gasteiger partial charge is 0.176 e. The minimum Gasteiger partial charge on any atom is -0.395 e. The maximum absolute atomic E-state index is 11.9. The number of Topliss-reactive ketones (excluding diaryl/α,β-unsaturated/α-hetero) is 1. The van der Waals surface area contributed by atoms with Gasteiger partial charge in [0.2, 0.25) is 0 Å². The summed E-state index contributed by atoms with van der Waals surface area (Å²) in [7, 11) is 0. The fourth-order valence-corrected chi connectivity index (χ4v) is 1.78. The molecule has 0 bridgehead atoms. The lowest BCUT2D eigenvalue weighted by molar-refractivity contribution is 0.0919. The first-order valence-electron chi connectivity index (χ1n) is 5.29. The molecule has 1 aromatic carbocycles. The lowest BCUT2D eigenvalue weighted by Crippen LogP contribution is -2.32. The number of aliphatic hydroxyl groups is 1. The van der Waals surface area contributed by atoms with Gasteiger partial charge in [-0.3, -0.25) is 9.69 Å². The fourth-order valence-electron chi connectivity index (χ4n) is 1.42. The van der Waals surface area contributed by atoms with Crippen molar-refractivity contribution in [1.82, 2.24) is 4.90 Å². The van der Waals surface area contributed by atoms with Gasteiger partial charge in [-0.2, -0.15) is 0 Å². The van der Waals surface area contributed by atoms with Crippen LogP contribution in [0.2, 0.25) is 0 Å². The van der Waals surface area contributed by atoms with Crippen LogP contribution in [0.25, 0.3) is 0 Å². The Morgan fingerprint density at radius 1 is 1.38 bits per heavy atom. The molecule has 1 aromatic rings. The molecule has 0 saturated heterocycles. The van der Waals surface area contributed by atoms with Crippen molar-refractivity contribution in [1.29, 1.82) is 0 Å². The normalized spacial score (nSPS) is 10.8. The summed E-state index contributed by atoms with van der Waals surface area (Å²) in [4.78, 5) is 13.8. The Kier molecular flexibility index (Phi) is 5.94. The molecule has 3 nitrogen and oxygen atoms in total. The third-order valence-corrected chi connectivity index (χ3v) is 3.12. The van der Waals surface area contributed by atoms with Gasteiger partial charge < -0.3 is 5.11 Å². The summed E-state index contributed by atoms with van der Waals surface area (Å²) < 4.78 is 1.12. The van der Waals surface area contributed by atoms with E-state index < -0.39 is 0 Å². The van der Waals surface area contributed by atoms with E-state index in [2.05, 4.69) is 22.6 Å². The molecule has 0 aliphatic heterocycles. The molecule has 1 rings (SSSR count). The Hall–Kier alpha value is -0.460. The van der Waals surface area contributed by atoms with E-state index >= 15 is 0 Å². The summed E-state index contributed by atoms with van der Waals surface area (Å²) in [6.07, 6.45) is 0. The summed E-state index contributed by atoms with van der Waals surface area (Å²) in [5.74, 6) is 0.103. The fraction of sp³-hybridized carbons (Fsp3) is 0.417. The second-order valence-corrected chi connectivity index (χ2v) is 4.77. The number of carbonyl (C=O) groups is 1. The van der Waals surface area contributed by atoms with Crippen molar-refractivity contribution in [2.75, 3.05) is 26.2 Å². The maximum Gasteiger partial charge on any atom is 0.176 e. The number of carbonyl (C=O) groups excluding carboxylic acids is 1. The van der Waals surface area contributed by atoms with Gasteiger partial charge in [-0.1, -0.05) is 19.1 Å². The van der Waals surface area contributed by atoms with E-state index in [0.717, 1.165) is 15.7 Å². The van der Waals surface area contributed by atoms with E-state index in [4.69, 9.17) is 5.11 Å². The second kappa shape index (κ2) is 6.98. The van der Waals surface area contributed by atoms with E-state index in [-0.39, 0.29) is 12.4 Å². The first-order valence-corrected chi connectivity index (χ1v) is 6.37. The first-order chi connectivity index (χ1) is 7.67. The van der Waals surface area contributed by atoms with Crippen LogP contribution < -0.4 is 0 Å².